The number of carbonyl (C=O) groups excluding carboxylic acids is 2. The highest BCUT2D eigenvalue weighted by Crippen LogP contribution is 2.21. The number of hydrogen-bond acceptors (Lipinski definition) is 7. The number of amides is 2. The number of nitrogens with one attached hydrogen (secondary N) is 1. The second-order valence-electron chi connectivity index (χ2n) is 7.24. The summed E-state index contributed by atoms with van der Waals surface area (Å²) in [6.45, 7) is 2.20. The molecule has 1 atom stereocenters. The standard InChI is InChI=1S/C22H25N5O4/c1-30-8-3-4-17-10-20(24-12-18(17)11-23)26-22(29)27(13-16-7-9-31-15-16)21-6-2-5-19(14-28)25-21/h2,5-6,10,12,14,16H,3-4,7-9,13,15H2,1H3,(H,24,26,29). The normalized spacial score (nSPS) is 15.3. The van der Waals surface area contributed by atoms with Gasteiger partial charge in [0, 0.05) is 39.0 Å². The summed E-state index contributed by atoms with van der Waals surface area (Å²) >= 11 is 0. The second-order valence-corrected chi connectivity index (χ2v) is 7.24. The first-order valence-corrected chi connectivity index (χ1v) is 10.1. The van der Waals surface area contributed by atoms with Gasteiger partial charge < -0.3 is 9.47 Å². The zero-order valence-electron chi connectivity index (χ0n) is 17.4. The summed E-state index contributed by atoms with van der Waals surface area (Å²) in [6, 6.07) is 8.38. The number of urea groups is 1. The third-order valence-electron chi connectivity index (χ3n) is 5.00. The van der Waals surface area contributed by atoms with E-state index in [9.17, 15) is 14.9 Å². The van der Waals surface area contributed by atoms with Crippen molar-refractivity contribution in [1.82, 2.24) is 9.97 Å². The van der Waals surface area contributed by atoms with Crippen molar-refractivity contribution in [2.75, 3.05) is 43.7 Å². The van der Waals surface area contributed by atoms with Gasteiger partial charge in [0.05, 0.1) is 12.2 Å². The van der Waals surface area contributed by atoms with Gasteiger partial charge in [-0.25, -0.2) is 14.8 Å². The van der Waals surface area contributed by atoms with E-state index in [1.54, 1.807) is 31.4 Å². The van der Waals surface area contributed by atoms with Crippen LogP contribution in [0.1, 0.15) is 34.5 Å². The minimum Gasteiger partial charge on any atom is -0.385 e. The lowest BCUT2D eigenvalue weighted by Crippen LogP contribution is -2.39. The van der Waals surface area contributed by atoms with E-state index in [4.69, 9.17) is 9.47 Å². The van der Waals surface area contributed by atoms with Crippen molar-refractivity contribution in [2.45, 2.75) is 19.3 Å². The number of anilines is 2. The summed E-state index contributed by atoms with van der Waals surface area (Å²) in [5, 5.41) is 12.1. The summed E-state index contributed by atoms with van der Waals surface area (Å²) in [7, 11) is 1.63. The van der Waals surface area contributed by atoms with Crippen LogP contribution in [0.5, 0.6) is 0 Å². The van der Waals surface area contributed by atoms with Gasteiger partial charge in [0.15, 0.2) is 6.29 Å². The molecule has 2 aromatic rings. The van der Waals surface area contributed by atoms with E-state index in [0.29, 0.717) is 56.3 Å². The van der Waals surface area contributed by atoms with E-state index in [-0.39, 0.29) is 11.6 Å². The lowest BCUT2D eigenvalue weighted by Gasteiger charge is -2.24. The van der Waals surface area contributed by atoms with Gasteiger partial charge >= 0.3 is 6.03 Å². The van der Waals surface area contributed by atoms with Crippen LogP contribution in [-0.2, 0) is 15.9 Å². The molecule has 1 aliphatic heterocycles. The molecule has 3 rings (SSSR count). The van der Waals surface area contributed by atoms with Crippen LogP contribution >= 0.6 is 0 Å². The van der Waals surface area contributed by atoms with Crippen molar-refractivity contribution in [1.29, 1.82) is 5.26 Å². The fraction of sp³-hybridized carbons (Fsp3) is 0.409. The van der Waals surface area contributed by atoms with Gasteiger partial charge in [-0.15, -0.1) is 0 Å². The maximum absolute atomic E-state index is 13.1. The molecule has 2 aromatic heterocycles. The Morgan fingerprint density at radius 2 is 2.35 bits per heavy atom. The number of carbonyl (C=O) groups is 2. The lowest BCUT2D eigenvalue weighted by molar-refractivity contribution is 0.111. The van der Waals surface area contributed by atoms with E-state index < -0.39 is 6.03 Å². The molecule has 162 valence electrons. The van der Waals surface area contributed by atoms with Crippen LogP contribution < -0.4 is 10.2 Å². The Bertz CT molecular complexity index is 953. The maximum atomic E-state index is 13.1. The summed E-state index contributed by atoms with van der Waals surface area (Å²) in [6.07, 6.45) is 4.33. The Morgan fingerprint density at radius 1 is 1.48 bits per heavy atom. The molecular weight excluding hydrogens is 398 g/mol. The van der Waals surface area contributed by atoms with Gasteiger partial charge in [-0.05, 0) is 43.0 Å². The summed E-state index contributed by atoms with van der Waals surface area (Å²) in [5.74, 6) is 0.893. The first kappa shape index (κ1) is 22.3. The third-order valence-corrected chi connectivity index (χ3v) is 5.00. The highest BCUT2D eigenvalue weighted by atomic mass is 16.5. The predicted octanol–water partition coefficient (Wildman–Crippen LogP) is 2.81. The Morgan fingerprint density at radius 3 is 3.06 bits per heavy atom. The van der Waals surface area contributed by atoms with Crippen LogP contribution in [0, 0.1) is 17.2 Å². The summed E-state index contributed by atoms with van der Waals surface area (Å²) in [5.41, 5.74) is 1.51. The maximum Gasteiger partial charge on any atom is 0.328 e. The van der Waals surface area contributed by atoms with Crippen molar-refractivity contribution in [3.8, 4) is 6.07 Å². The van der Waals surface area contributed by atoms with Gasteiger partial charge in [0.25, 0.3) is 0 Å². The molecule has 9 heteroatoms. The molecule has 0 spiro atoms. The lowest BCUT2D eigenvalue weighted by atomic mass is 10.1. The minimum atomic E-state index is -0.414. The van der Waals surface area contributed by atoms with Crippen LogP contribution in [-0.4, -0.2) is 55.8 Å². The van der Waals surface area contributed by atoms with Crippen LogP contribution in [0.3, 0.4) is 0 Å². The van der Waals surface area contributed by atoms with E-state index in [1.807, 2.05) is 0 Å². The number of pyridine rings is 2. The Kier molecular flexibility index (Phi) is 8.04. The molecule has 1 fully saturated rings. The smallest absolute Gasteiger partial charge is 0.328 e. The first-order chi connectivity index (χ1) is 15.1. The molecule has 3 heterocycles. The van der Waals surface area contributed by atoms with E-state index >= 15 is 0 Å². The molecule has 31 heavy (non-hydrogen) atoms. The van der Waals surface area contributed by atoms with Crippen LogP contribution in [0.4, 0.5) is 16.4 Å². The van der Waals surface area contributed by atoms with Crippen LogP contribution in [0.25, 0.3) is 0 Å². The SMILES string of the molecule is COCCCc1cc(NC(=O)N(CC2CCOC2)c2cccc(C=O)n2)ncc1C#N. The molecule has 1 N–H and O–H groups in total. The number of aldehydes is 1. The average Bonchev–Trinajstić information content (AvgIpc) is 3.31. The first-order valence-electron chi connectivity index (χ1n) is 10.1. The summed E-state index contributed by atoms with van der Waals surface area (Å²) in [4.78, 5) is 34.3. The predicted molar refractivity (Wildman–Crippen MR) is 114 cm³/mol. The molecule has 2 amide bonds. The van der Waals surface area contributed by atoms with Crippen LogP contribution in [0.15, 0.2) is 30.5 Å². The van der Waals surface area contributed by atoms with Gasteiger partial charge in [0.1, 0.15) is 23.4 Å². The zero-order valence-corrected chi connectivity index (χ0v) is 17.4. The molecule has 9 nitrogen and oxygen atoms in total. The Balaban J connectivity index is 1.81. The van der Waals surface area contributed by atoms with Crippen molar-refractivity contribution >= 4 is 24.0 Å². The number of hydrogen-bond donors (Lipinski definition) is 1. The number of rotatable bonds is 9. The van der Waals surface area contributed by atoms with E-state index in [1.165, 1.54) is 11.1 Å². The Labute approximate surface area is 181 Å². The van der Waals surface area contributed by atoms with Crippen molar-refractivity contribution in [2.24, 2.45) is 5.92 Å². The van der Waals surface area contributed by atoms with Crippen LogP contribution in [0.2, 0.25) is 0 Å². The molecule has 0 saturated carbocycles. The number of aromatic nitrogens is 2. The molecule has 0 aliphatic carbocycles. The monoisotopic (exact) mass is 423 g/mol. The minimum absolute atomic E-state index is 0.172. The molecule has 0 radical (unpaired) electrons. The molecule has 0 aromatic carbocycles. The second kappa shape index (κ2) is 11.2. The van der Waals surface area contributed by atoms with E-state index in [2.05, 4.69) is 21.4 Å². The highest BCUT2D eigenvalue weighted by molar-refractivity contribution is 6.00. The topological polar surface area (TPSA) is 117 Å². The highest BCUT2D eigenvalue weighted by Gasteiger charge is 2.25. The number of aryl methyl sites for hydroxylation is 1. The van der Waals surface area contributed by atoms with Gasteiger partial charge in [-0.1, -0.05) is 6.07 Å². The quantitative estimate of drug-likeness (QED) is 0.487. The molecule has 1 aliphatic rings. The zero-order chi connectivity index (χ0) is 22.1. The fourth-order valence-electron chi connectivity index (χ4n) is 3.38. The molecule has 1 unspecified atom stereocenters. The van der Waals surface area contributed by atoms with Gasteiger partial charge in [0.2, 0.25) is 0 Å². The Hall–Kier alpha value is -3.35. The third kappa shape index (κ3) is 6.07. The van der Waals surface area contributed by atoms with E-state index in [0.717, 1.165) is 18.4 Å². The number of methoxy groups -OCH3 is 1. The van der Waals surface area contributed by atoms with Gasteiger partial charge in [-0.3, -0.25) is 15.0 Å². The summed E-state index contributed by atoms with van der Waals surface area (Å²) < 4.78 is 10.5. The van der Waals surface area contributed by atoms with Crippen molar-refractivity contribution < 1.29 is 19.1 Å². The fourth-order valence-corrected chi connectivity index (χ4v) is 3.38. The van der Waals surface area contributed by atoms with Crippen molar-refractivity contribution in [3.05, 3.63) is 47.3 Å². The van der Waals surface area contributed by atoms with Gasteiger partial charge in [-0.2, -0.15) is 5.26 Å². The molecular formula is C22H25N5O4. The number of nitrogens with zero attached hydrogens (tertiary/aromatic N) is 4. The number of ether oxygens (including phenoxy) is 2. The van der Waals surface area contributed by atoms with Crippen molar-refractivity contribution in [3.63, 3.8) is 0 Å². The molecule has 0 bridgehead atoms. The number of nitriles is 1. The molecule has 1 saturated heterocycles. The average molecular weight is 423 g/mol. The largest absolute Gasteiger partial charge is 0.385 e.